The minimum absolute atomic E-state index is 0.540. The van der Waals surface area contributed by atoms with E-state index in [0.717, 1.165) is 24.7 Å². The topological polar surface area (TPSA) is 37.9 Å². The van der Waals surface area contributed by atoms with E-state index in [2.05, 4.69) is 16.3 Å². The summed E-state index contributed by atoms with van der Waals surface area (Å²) in [6, 6.07) is 2.12. The summed E-state index contributed by atoms with van der Waals surface area (Å²) in [6.45, 7) is 1.73. The number of nitrogens with zero attached hydrogens (tertiary/aromatic N) is 1. The van der Waals surface area contributed by atoms with Gasteiger partial charge in [-0.25, -0.2) is 0 Å². The normalized spacial score (nSPS) is 23.2. The van der Waals surface area contributed by atoms with Crippen LogP contribution in [0.1, 0.15) is 18.0 Å². The Balaban J connectivity index is 2.11. The molecule has 1 fully saturated rings. The quantitative estimate of drug-likeness (QED) is 0.710. The number of ether oxygens (including phenoxy) is 1. The molecule has 0 spiro atoms. The summed E-state index contributed by atoms with van der Waals surface area (Å²) in [7, 11) is 0. The molecule has 1 aliphatic rings. The number of thioether (sulfide) groups is 1. The van der Waals surface area contributed by atoms with Gasteiger partial charge < -0.3 is 4.74 Å². The molecule has 1 aromatic rings. The molecular formula is C8H12N2OS. The number of hydrogen-bond donors (Lipinski definition) is 1. The summed E-state index contributed by atoms with van der Waals surface area (Å²) in [6.07, 6.45) is 3.15. The van der Waals surface area contributed by atoms with Gasteiger partial charge in [-0.05, 0) is 18.7 Å². The molecule has 0 aromatic carbocycles. The summed E-state index contributed by atoms with van der Waals surface area (Å²) in [5.74, 6) is 0.540. The average Bonchev–Trinajstić information content (AvgIpc) is 2.75. The van der Waals surface area contributed by atoms with Gasteiger partial charge in [0.1, 0.15) is 5.03 Å². The Bertz CT molecular complexity index is 255. The second-order valence-corrected chi connectivity index (χ2v) is 3.75. The van der Waals surface area contributed by atoms with Crippen LogP contribution in [0.2, 0.25) is 0 Å². The van der Waals surface area contributed by atoms with E-state index in [1.807, 2.05) is 6.26 Å². The van der Waals surface area contributed by atoms with Crippen molar-refractivity contribution in [3.63, 3.8) is 0 Å². The van der Waals surface area contributed by atoms with Gasteiger partial charge in [0, 0.05) is 18.2 Å². The third kappa shape index (κ3) is 1.49. The Morgan fingerprint density at radius 1 is 1.75 bits per heavy atom. The molecule has 2 heterocycles. The first-order valence-corrected chi connectivity index (χ1v) is 5.29. The number of aromatic amines is 1. The predicted molar refractivity (Wildman–Crippen MR) is 48.5 cm³/mol. The Morgan fingerprint density at radius 3 is 3.25 bits per heavy atom. The first-order valence-electron chi connectivity index (χ1n) is 4.07. The monoisotopic (exact) mass is 184 g/mol. The van der Waals surface area contributed by atoms with Gasteiger partial charge in [-0.2, -0.15) is 5.10 Å². The van der Waals surface area contributed by atoms with Gasteiger partial charge in [-0.1, -0.05) is 0 Å². The summed E-state index contributed by atoms with van der Waals surface area (Å²) < 4.78 is 5.30. The fourth-order valence-electron chi connectivity index (χ4n) is 1.41. The summed E-state index contributed by atoms with van der Waals surface area (Å²) >= 11 is 1.67. The molecule has 1 atom stereocenters. The van der Waals surface area contributed by atoms with E-state index >= 15 is 0 Å². The minimum atomic E-state index is 0.540. The highest BCUT2D eigenvalue weighted by Gasteiger charge is 2.19. The molecule has 0 bridgehead atoms. The molecule has 2 rings (SSSR count). The zero-order valence-corrected chi connectivity index (χ0v) is 7.86. The van der Waals surface area contributed by atoms with Crippen LogP contribution in [0.5, 0.6) is 0 Å². The largest absolute Gasteiger partial charge is 0.381 e. The maximum absolute atomic E-state index is 5.30. The summed E-state index contributed by atoms with van der Waals surface area (Å²) in [4.78, 5) is 0. The number of H-pyrrole nitrogens is 1. The van der Waals surface area contributed by atoms with E-state index in [4.69, 9.17) is 4.74 Å². The third-order valence-electron chi connectivity index (χ3n) is 2.15. The number of hydrogen-bond acceptors (Lipinski definition) is 3. The average molecular weight is 184 g/mol. The highest BCUT2D eigenvalue weighted by atomic mass is 32.2. The molecule has 0 amide bonds. The number of nitrogens with one attached hydrogen (secondary N) is 1. The molecule has 4 heteroatoms. The van der Waals surface area contributed by atoms with Crippen LogP contribution in [0, 0.1) is 0 Å². The van der Waals surface area contributed by atoms with Crippen molar-refractivity contribution in [3.05, 3.63) is 11.8 Å². The van der Waals surface area contributed by atoms with Gasteiger partial charge in [0.2, 0.25) is 0 Å². The van der Waals surface area contributed by atoms with Crippen LogP contribution in [-0.2, 0) is 4.74 Å². The van der Waals surface area contributed by atoms with Gasteiger partial charge in [-0.15, -0.1) is 11.8 Å². The van der Waals surface area contributed by atoms with Gasteiger partial charge in [0.05, 0.1) is 6.61 Å². The second-order valence-electron chi connectivity index (χ2n) is 2.93. The Morgan fingerprint density at radius 2 is 2.67 bits per heavy atom. The predicted octanol–water partition coefficient (Wildman–Crippen LogP) is 1.64. The molecule has 0 radical (unpaired) electrons. The van der Waals surface area contributed by atoms with E-state index in [1.54, 1.807) is 11.8 Å². The fourth-order valence-corrected chi connectivity index (χ4v) is 1.79. The van der Waals surface area contributed by atoms with Crippen molar-refractivity contribution in [2.75, 3.05) is 19.5 Å². The van der Waals surface area contributed by atoms with Crippen molar-refractivity contribution in [1.82, 2.24) is 10.2 Å². The van der Waals surface area contributed by atoms with Crippen molar-refractivity contribution >= 4 is 11.8 Å². The van der Waals surface area contributed by atoms with Gasteiger partial charge >= 0.3 is 0 Å². The summed E-state index contributed by atoms with van der Waals surface area (Å²) in [5, 5.41) is 8.28. The molecule has 3 nitrogen and oxygen atoms in total. The molecule has 1 aromatic heterocycles. The van der Waals surface area contributed by atoms with Gasteiger partial charge in [0.15, 0.2) is 0 Å². The molecule has 1 aliphatic heterocycles. The Hall–Kier alpha value is -0.480. The van der Waals surface area contributed by atoms with E-state index in [-0.39, 0.29) is 0 Å². The molecule has 1 saturated heterocycles. The zero-order chi connectivity index (χ0) is 8.39. The lowest BCUT2D eigenvalue weighted by Crippen LogP contribution is -1.97. The summed E-state index contributed by atoms with van der Waals surface area (Å²) in [5.41, 5.74) is 1.22. The molecule has 66 valence electrons. The highest BCUT2D eigenvalue weighted by Crippen LogP contribution is 2.25. The van der Waals surface area contributed by atoms with Gasteiger partial charge in [0.25, 0.3) is 0 Å². The van der Waals surface area contributed by atoms with E-state index in [0.29, 0.717) is 5.92 Å². The van der Waals surface area contributed by atoms with E-state index in [1.165, 1.54) is 5.69 Å². The second kappa shape index (κ2) is 3.49. The smallest absolute Gasteiger partial charge is 0.118 e. The van der Waals surface area contributed by atoms with Crippen LogP contribution < -0.4 is 0 Å². The van der Waals surface area contributed by atoms with Gasteiger partial charge in [-0.3, -0.25) is 5.10 Å². The first-order chi connectivity index (χ1) is 5.90. The zero-order valence-electron chi connectivity index (χ0n) is 7.04. The van der Waals surface area contributed by atoms with Crippen LogP contribution in [0.25, 0.3) is 0 Å². The fraction of sp³-hybridized carbons (Fsp3) is 0.625. The first kappa shape index (κ1) is 8.13. The van der Waals surface area contributed by atoms with Crippen molar-refractivity contribution in [3.8, 4) is 0 Å². The lowest BCUT2D eigenvalue weighted by atomic mass is 10.1. The van der Waals surface area contributed by atoms with Crippen LogP contribution in [-0.4, -0.2) is 29.7 Å². The number of rotatable bonds is 2. The van der Waals surface area contributed by atoms with Crippen LogP contribution in [0.3, 0.4) is 0 Å². The molecule has 0 aliphatic carbocycles. The SMILES string of the molecule is CSc1cc(C2CCOC2)[nH]n1. The number of aromatic nitrogens is 2. The van der Waals surface area contributed by atoms with Crippen molar-refractivity contribution < 1.29 is 4.74 Å². The van der Waals surface area contributed by atoms with E-state index in [9.17, 15) is 0 Å². The Labute approximate surface area is 75.9 Å². The van der Waals surface area contributed by atoms with Crippen LogP contribution in [0.4, 0.5) is 0 Å². The van der Waals surface area contributed by atoms with Crippen molar-refractivity contribution in [2.24, 2.45) is 0 Å². The maximum atomic E-state index is 5.30. The van der Waals surface area contributed by atoms with E-state index < -0.39 is 0 Å². The van der Waals surface area contributed by atoms with Crippen LogP contribution in [0.15, 0.2) is 11.1 Å². The molecular weight excluding hydrogens is 172 g/mol. The molecule has 1 N–H and O–H groups in total. The highest BCUT2D eigenvalue weighted by molar-refractivity contribution is 7.98. The lowest BCUT2D eigenvalue weighted by Gasteiger charge is -2.01. The third-order valence-corrected chi connectivity index (χ3v) is 2.78. The molecule has 0 saturated carbocycles. The van der Waals surface area contributed by atoms with Crippen LogP contribution >= 0.6 is 11.8 Å². The molecule has 1 unspecified atom stereocenters. The minimum Gasteiger partial charge on any atom is -0.381 e. The van der Waals surface area contributed by atoms with Crippen molar-refractivity contribution in [1.29, 1.82) is 0 Å². The molecule has 12 heavy (non-hydrogen) atoms. The van der Waals surface area contributed by atoms with Crippen molar-refractivity contribution in [2.45, 2.75) is 17.4 Å². The maximum Gasteiger partial charge on any atom is 0.118 e. The lowest BCUT2D eigenvalue weighted by molar-refractivity contribution is 0.193. The standard InChI is InChI=1S/C8H12N2OS/c1-12-8-4-7(9-10-8)6-2-3-11-5-6/h4,6H,2-3,5H2,1H3,(H,9,10). The Kier molecular flexibility index (Phi) is 2.37.